The van der Waals surface area contributed by atoms with Crippen molar-refractivity contribution in [1.29, 1.82) is 0 Å². The second kappa shape index (κ2) is 7.78. The van der Waals surface area contributed by atoms with Crippen molar-refractivity contribution in [1.82, 2.24) is 0 Å². The van der Waals surface area contributed by atoms with Crippen molar-refractivity contribution in [3.63, 3.8) is 0 Å². The van der Waals surface area contributed by atoms with Crippen LogP contribution in [-0.2, 0) is 0 Å². The first-order valence-corrected chi connectivity index (χ1v) is 7.79. The summed E-state index contributed by atoms with van der Waals surface area (Å²) in [7, 11) is 0.727. The Morgan fingerprint density at radius 1 is 0.895 bits per heavy atom. The highest BCUT2D eigenvalue weighted by molar-refractivity contribution is 7.55. The summed E-state index contributed by atoms with van der Waals surface area (Å²) in [6, 6.07) is 19.2. The van der Waals surface area contributed by atoms with E-state index in [9.17, 15) is 0 Å². The number of rotatable bonds is 4. The maximum atomic E-state index is 3.22. The quantitative estimate of drug-likeness (QED) is 0.448. The highest BCUT2D eigenvalue weighted by Gasteiger charge is 1.95. The summed E-state index contributed by atoms with van der Waals surface area (Å²) in [5.41, 5.74) is 1.12. The Morgan fingerprint density at radius 3 is 2.26 bits per heavy atom. The van der Waals surface area contributed by atoms with Gasteiger partial charge in [-0.05, 0) is 29.2 Å². The molecule has 2 rings (SSSR count). The number of hydrogen-bond acceptors (Lipinski definition) is 0. The van der Waals surface area contributed by atoms with Gasteiger partial charge in [0.2, 0.25) is 0 Å². The lowest BCUT2D eigenvalue weighted by molar-refractivity contribution is 0.828. The molecule has 0 N–H and O–H groups in total. The molecule has 0 nitrogen and oxygen atoms in total. The largest absolute Gasteiger partial charge is 0.0979 e. The van der Waals surface area contributed by atoms with E-state index in [1.165, 1.54) is 23.5 Å². The molecule has 0 aliphatic carbocycles. The summed E-state index contributed by atoms with van der Waals surface area (Å²) in [5, 5.41) is 2.74. The lowest BCUT2D eigenvalue weighted by atomic mass is 10.2. The summed E-state index contributed by atoms with van der Waals surface area (Å²) in [6.45, 7) is 2.20. The first-order valence-electron chi connectivity index (χ1n) is 6.79. The van der Waals surface area contributed by atoms with E-state index in [2.05, 4.69) is 73.4 Å². The molecular weight excluding hydrogens is 247 g/mol. The van der Waals surface area contributed by atoms with E-state index in [1.807, 2.05) is 0 Å². The Labute approximate surface area is 118 Å². The maximum absolute atomic E-state index is 3.22. The van der Waals surface area contributed by atoms with E-state index in [0.29, 0.717) is 0 Å². The average Bonchev–Trinajstić information content (AvgIpc) is 2.46. The highest BCUT2D eigenvalue weighted by atomic mass is 31.1. The van der Waals surface area contributed by atoms with Crippen molar-refractivity contribution in [3.05, 3.63) is 60.2 Å². The number of hydrogen-bond donors (Lipinski definition) is 0. The smallest absolute Gasteiger partial charge is 0.0245 e. The number of unbranched alkanes of at least 4 members (excludes halogenated alkanes) is 2. The minimum atomic E-state index is 0.727. The van der Waals surface area contributed by atoms with Crippen molar-refractivity contribution < 1.29 is 0 Å². The van der Waals surface area contributed by atoms with Gasteiger partial charge in [-0.15, -0.1) is 0 Å². The third-order valence-corrected chi connectivity index (χ3v) is 4.08. The van der Waals surface area contributed by atoms with Gasteiger partial charge in [0.1, 0.15) is 0 Å². The van der Waals surface area contributed by atoms with Crippen LogP contribution in [-0.4, -0.2) is 0 Å². The molecule has 0 saturated carbocycles. The average molecular weight is 266 g/mol. The van der Waals surface area contributed by atoms with Crippen molar-refractivity contribution >= 4 is 19.2 Å². The van der Waals surface area contributed by atoms with Crippen LogP contribution in [0.1, 0.15) is 31.7 Å². The molecule has 1 unspecified atom stereocenters. The summed E-state index contributed by atoms with van der Waals surface area (Å²) in [4.78, 5) is 0. The summed E-state index contributed by atoms with van der Waals surface area (Å²) in [5.74, 6) is 6.45. The molecule has 2 aromatic rings. The molecule has 0 amide bonds. The second-order valence-electron chi connectivity index (χ2n) is 4.47. The van der Waals surface area contributed by atoms with Crippen molar-refractivity contribution in [2.75, 3.05) is 0 Å². The van der Waals surface area contributed by atoms with Gasteiger partial charge in [0.25, 0.3) is 0 Å². The van der Waals surface area contributed by atoms with Crippen LogP contribution in [0.25, 0.3) is 0 Å². The predicted molar refractivity (Wildman–Crippen MR) is 86.9 cm³/mol. The topological polar surface area (TPSA) is 0 Å². The van der Waals surface area contributed by atoms with E-state index < -0.39 is 0 Å². The van der Waals surface area contributed by atoms with Gasteiger partial charge in [-0.2, -0.15) is 0 Å². The third-order valence-electron chi connectivity index (χ3n) is 2.84. The van der Waals surface area contributed by atoms with E-state index >= 15 is 0 Å². The standard InChI is InChI=1S/C18H19P/c1-2-3-4-6-9-16-12-14-18(15-13-16)19-17-10-7-5-8-11-17/h5,7-8,10-15,19H,2-4H2,1H3. The molecule has 0 aliphatic rings. The Morgan fingerprint density at radius 2 is 1.58 bits per heavy atom. The van der Waals surface area contributed by atoms with Crippen LogP contribution >= 0.6 is 8.58 Å². The second-order valence-corrected chi connectivity index (χ2v) is 5.88. The third kappa shape index (κ3) is 4.90. The molecule has 0 fully saturated rings. The molecule has 0 aliphatic heterocycles. The molecule has 0 saturated heterocycles. The van der Waals surface area contributed by atoms with Crippen LogP contribution < -0.4 is 10.6 Å². The summed E-state index contributed by atoms with van der Waals surface area (Å²) >= 11 is 0. The monoisotopic (exact) mass is 266 g/mol. The number of benzene rings is 2. The Kier molecular flexibility index (Phi) is 5.67. The van der Waals surface area contributed by atoms with Gasteiger partial charge >= 0.3 is 0 Å². The zero-order chi connectivity index (χ0) is 13.3. The molecule has 0 radical (unpaired) electrons. The van der Waals surface area contributed by atoms with Gasteiger partial charge in [0.15, 0.2) is 0 Å². The van der Waals surface area contributed by atoms with Crippen LogP contribution in [0.15, 0.2) is 54.6 Å². The molecule has 1 heteroatoms. The molecule has 1 atom stereocenters. The minimum Gasteiger partial charge on any atom is -0.0979 e. The van der Waals surface area contributed by atoms with Gasteiger partial charge in [-0.25, -0.2) is 0 Å². The highest BCUT2D eigenvalue weighted by Crippen LogP contribution is 2.10. The van der Waals surface area contributed by atoms with Crippen LogP contribution in [0.4, 0.5) is 0 Å². The Hall–Kier alpha value is -1.57. The molecule has 96 valence electrons. The van der Waals surface area contributed by atoms with Crippen molar-refractivity contribution in [2.45, 2.75) is 26.2 Å². The van der Waals surface area contributed by atoms with E-state index in [4.69, 9.17) is 0 Å². The summed E-state index contributed by atoms with van der Waals surface area (Å²) in [6.07, 6.45) is 3.41. The Balaban J connectivity index is 1.96. The molecular formula is C18H19P. The zero-order valence-electron chi connectivity index (χ0n) is 11.3. The molecule has 0 aromatic heterocycles. The fourth-order valence-electron chi connectivity index (χ4n) is 1.75. The molecule has 0 bridgehead atoms. The lowest BCUT2D eigenvalue weighted by Gasteiger charge is -2.01. The lowest BCUT2D eigenvalue weighted by Crippen LogP contribution is -2.02. The van der Waals surface area contributed by atoms with Crippen molar-refractivity contribution in [2.24, 2.45) is 0 Å². The van der Waals surface area contributed by atoms with Gasteiger partial charge in [0, 0.05) is 12.0 Å². The van der Waals surface area contributed by atoms with Crippen LogP contribution in [0.5, 0.6) is 0 Å². The van der Waals surface area contributed by atoms with Crippen LogP contribution in [0.3, 0.4) is 0 Å². The predicted octanol–water partition coefficient (Wildman–Crippen LogP) is 3.86. The molecule has 0 spiro atoms. The minimum absolute atomic E-state index is 0.727. The van der Waals surface area contributed by atoms with E-state index in [0.717, 1.165) is 20.6 Å². The maximum Gasteiger partial charge on any atom is 0.0245 e. The van der Waals surface area contributed by atoms with E-state index in [-0.39, 0.29) is 0 Å². The molecule has 19 heavy (non-hydrogen) atoms. The fourth-order valence-corrected chi connectivity index (χ4v) is 2.78. The Bertz CT molecular complexity index is 544. The van der Waals surface area contributed by atoms with Crippen molar-refractivity contribution in [3.8, 4) is 11.8 Å². The molecule has 0 heterocycles. The van der Waals surface area contributed by atoms with Gasteiger partial charge in [-0.1, -0.05) is 76.2 Å². The molecule has 2 aromatic carbocycles. The fraction of sp³-hybridized carbons (Fsp3) is 0.222. The SMILES string of the molecule is CCCCC#Cc1ccc(Pc2ccccc2)cc1. The van der Waals surface area contributed by atoms with Crippen LogP contribution in [0, 0.1) is 11.8 Å². The van der Waals surface area contributed by atoms with Gasteiger partial charge in [0.05, 0.1) is 0 Å². The zero-order valence-corrected chi connectivity index (χ0v) is 12.3. The summed E-state index contributed by atoms with van der Waals surface area (Å²) < 4.78 is 0. The normalized spacial score (nSPS) is 10.4. The van der Waals surface area contributed by atoms with E-state index in [1.54, 1.807) is 0 Å². The first kappa shape index (κ1) is 13.9. The van der Waals surface area contributed by atoms with Gasteiger partial charge in [-0.3, -0.25) is 0 Å². The van der Waals surface area contributed by atoms with Gasteiger partial charge < -0.3 is 0 Å². The first-order chi connectivity index (χ1) is 9.38. The van der Waals surface area contributed by atoms with Crippen LogP contribution in [0.2, 0.25) is 0 Å².